The molecule has 0 heterocycles. The summed E-state index contributed by atoms with van der Waals surface area (Å²) in [6, 6.07) is 0. The molecule has 0 saturated carbocycles. The molecule has 8 heteroatoms. The molecule has 0 aromatic rings. The van der Waals surface area contributed by atoms with Gasteiger partial charge in [0.25, 0.3) is 0 Å². The monoisotopic (exact) mass is 320 g/mol. The molecule has 0 radical (unpaired) electrons. The first-order valence-corrected chi connectivity index (χ1v) is 7.96. The molecule has 0 bridgehead atoms. The van der Waals surface area contributed by atoms with Gasteiger partial charge >= 0.3 is 11.9 Å². The highest BCUT2D eigenvalue weighted by atomic mass is 31.1. The number of carbonyl (C=O) groups excluding carboxylic acids is 2. The molecule has 21 heavy (non-hydrogen) atoms. The third-order valence-corrected chi connectivity index (χ3v) is 3.38. The molecular formula is C13H23NO6P+. The molecule has 0 aromatic heterocycles. The van der Waals surface area contributed by atoms with E-state index in [-0.39, 0.29) is 19.8 Å². The number of aliphatic hydroxyl groups is 1. The molecule has 0 rings (SSSR count). The first-order valence-electron chi connectivity index (χ1n) is 6.44. The molecule has 120 valence electrons. The van der Waals surface area contributed by atoms with Crippen LogP contribution in [0.15, 0.2) is 12.2 Å². The zero-order valence-corrected chi connectivity index (χ0v) is 13.5. The van der Waals surface area contributed by atoms with Crippen molar-refractivity contribution in [2.24, 2.45) is 0 Å². The van der Waals surface area contributed by atoms with E-state index < -0.39 is 19.7 Å². The summed E-state index contributed by atoms with van der Waals surface area (Å²) in [4.78, 5) is 33.9. The lowest BCUT2D eigenvalue weighted by Gasteiger charge is -2.22. The van der Waals surface area contributed by atoms with E-state index in [1.807, 2.05) is 21.1 Å². The summed E-state index contributed by atoms with van der Waals surface area (Å²) in [5, 5.41) is 8.43. The number of hydrogen-bond donors (Lipinski definition) is 1. The van der Waals surface area contributed by atoms with Crippen molar-refractivity contribution in [2.75, 3.05) is 53.7 Å². The Morgan fingerprint density at radius 1 is 1.19 bits per heavy atom. The largest absolute Gasteiger partial charge is 0.630 e. The van der Waals surface area contributed by atoms with Gasteiger partial charge in [-0.15, -0.1) is 0 Å². The fourth-order valence-electron chi connectivity index (χ4n) is 1.07. The van der Waals surface area contributed by atoms with Crippen molar-refractivity contribution in [3.8, 4) is 0 Å². The van der Waals surface area contributed by atoms with Gasteiger partial charge in [-0.3, -0.25) is 0 Å². The summed E-state index contributed by atoms with van der Waals surface area (Å²) in [6.45, 7) is 0.287. The van der Waals surface area contributed by atoms with Gasteiger partial charge in [0.15, 0.2) is 6.16 Å². The zero-order chi connectivity index (χ0) is 16.3. The maximum Gasteiger partial charge on any atom is 0.331 e. The maximum absolute atomic E-state index is 11.6. The number of aliphatic hydroxyl groups excluding tert-OH is 1. The SMILES string of the molecule is C[N+](C)(C)CC[P+]([O-])=CCOC(=O)C=CC(=O)OCCO. The number of hydrogen-bond acceptors (Lipinski definition) is 6. The van der Waals surface area contributed by atoms with Crippen LogP contribution < -0.4 is 4.89 Å². The summed E-state index contributed by atoms with van der Waals surface area (Å²) >= 11 is 0. The third kappa shape index (κ3) is 13.5. The summed E-state index contributed by atoms with van der Waals surface area (Å²) in [7, 11) is 4.49. The van der Waals surface area contributed by atoms with Crippen molar-refractivity contribution in [3.63, 3.8) is 0 Å². The van der Waals surface area contributed by atoms with Crippen LogP contribution in [0.4, 0.5) is 0 Å². The Morgan fingerprint density at radius 2 is 1.76 bits per heavy atom. The Bertz CT molecular complexity index is 400. The maximum atomic E-state index is 11.6. The number of ether oxygens (including phenoxy) is 2. The minimum atomic E-state index is -1.52. The normalized spacial score (nSPS) is 12.5. The first kappa shape index (κ1) is 19.7. The van der Waals surface area contributed by atoms with Crippen LogP contribution in [0.3, 0.4) is 0 Å². The molecule has 0 aliphatic rings. The average Bonchev–Trinajstić information content (AvgIpc) is 2.39. The van der Waals surface area contributed by atoms with Crippen LogP contribution in [0.2, 0.25) is 0 Å². The minimum absolute atomic E-state index is 0.0682. The van der Waals surface area contributed by atoms with E-state index in [0.717, 1.165) is 18.7 Å². The quantitative estimate of drug-likeness (QED) is 0.250. The van der Waals surface area contributed by atoms with E-state index >= 15 is 0 Å². The Hall–Kier alpha value is -1.27. The van der Waals surface area contributed by atoms with E-state index in [2.05, 4.69) is 4.74 Å². The lowest BCUT2D eigenvalue weighted by molar-refractivity contribution is -0.867. The summed E-state index contributed by atoms with van der Waals surface area (Å²) in [5.74, 6) is -0.0120. The fourth-order valence-corrected chi connectivity index (χ4v) is 2.29. The highest BCUT2D eigenvalue weighted by Gasteiger charge is 2.10. The lowest BCUT2D eigenvalue weighted by atomic mass is 10.5. The van der Waals surface area contributed by atoms with Crippen LogP contribution >= 0.6 is 7.77 Å². The topological polar surface area (TPSA) is 95.9 Å². The van der Waals surface area contributed by atoms with E-state index in [4.69, 9.17) is 9.84 Å². The molecular weight excluding hydrogens is 297 g/mol. The van der Waals surface area contributed by atoms with Crippen molar-refractivity contribution in [3.05, 3.63) is 12.2 Å². The van der Waals surface area contributed by atoms with Crippen LogP contribution in [0.25, 0.3) is 0 Å². The molecule has 0 aliphatic carbocycles. The van der Waals surface area contributed by atoms with Crippen LogP contribution in [0.1, 0.15) is 0 Å². The van der Waals surface area contributed by atoms with Gasteiger partial charge in [-0.05, 0) is 0 Å². The van der Waals surface area contributed by atoms with Gasteiger partial charge in [0.1, 0.15) is 25.6 Å². The third-order valence-electron chi connectivity index (χ3n) is 2.19. The van der Waals surface area contributed by atoms with Crippen molar-refractivity contribution >= 4 is 25.5 Å². The summed E-state index contributed by atoms with van der Waals surface area (Å²) in [6.07, 6.45) is 2.36. The second-order valence-corrected chi connectivity index (χ2v) is 6.84. The summed E-state index contributed by atoms with van der Waals surface area (Å²) in [5.41, 5.74) is 0. The van der Waals surface area contributed by atoms with Gasteiger partial charge in [0, 0.05) is 12.2 Å². The smallest absolute Gasteiger partial charge is 0.331 e. The zero-order valence-electron chi connectivity index (χ0n) is 12.7. The second kappa shape index (κ2) is 10.5. The molecule has 0 saturated heterocycles. The molecule has 0 amide bonds. The number of esters is 2. The average molecular weight is 320 g/mol. The van der Waals surface area contributed by atoms with Crippen molar-refractivity contribution < 1.29 is 33.5 Å². The van der Waals surface area contributed by atoms with E-state index in [9.17, 15) is 14.5 Å². The second-order valence-electron chi connectivity index (χ2n) is 5.19. The Labute approximate surface area is 125 Å². The van der Waals surface area contributed by atoms with Crippen LogP contribution in [-0.2, 0) is 19.1 Å². The molecule has 0 aromatic carbocycles. The molecule has 0 aliphatic heterocycles. The molecule has 0 spiro atoms. The number of rotatable bonds is 9. The van der Waals surface area contributed by atoms with E-state index in [1.54, 1.807) is 0 Å². The standard InChI is InChI=1S/C13H23NO6P/c1-14(2,3)6-10-21(18)11-9-20-13(17)5-4-12(16)19-8-7-15/h4-5,11,15H,6-10H2,1-3H3/q+1. The molecule has 1 N–H and O–H groups in total. The van der Waals surface area contributed by atoms with Crippen molar-refractivity contribution in [1.29, 1.82) is 0 Å². The highest BCUT2D eigenvalue weighted by Crippen LogP contribution is 2.09. The van der Waals surface area contributed by atoms with Crippen LogP contribution in [0.5, 0.6) is 0 Å². The predicted molar refractivity (Wildman–Crippen MR) is 78.9 cm³/mol. The lowest BCUT2D eigenvalue weighted by Crippen LogP contribution is -2.36. The molecule has 0 fully saturated rings. The number of nitrogens with zero attached hydrogens (tertiary/aromatic N) is 1. The van der Waals surface area contributed by atoms with Crippen molar-refractivity contribution in [1.82, 2.24) is 0 Å². The van der Waals surface area contributed by atoms with Gasteiger partial charge in [-0.1, -0.05) is 0 Å². The Morgan fingerprint density at radius 3 is 2.29 bits per heavy atom. The highest BCUT2D eigenvalue weighted by molar-refractivity contribution is 7.50. The van der Waals surface area contributed by atoms with Crippen LogP contribution in [-0.4, -0.2) is 81.0 Å². The van der Waals surface area contributed by atoms with Gasteiger partial charge in [-0.2, -0.15) is 0 Å². The molecule has 1 atom stereocenters. The number of quaternary nitrogens is 1. The van der Waals surface area contributed by atoms with E-state index in [1.165, 1.54) is 5.80 Å². The van der Waals surface area contributed by atoms with Gasteiger partial charge in [-0.25, -0.2) is 9.59 Å². The Balaban J connectivity index is 3.97. The predicted octanol–water partition coefficient (Wildman–Crippen LogP) is -1.11. The molecule has 7 nitrogen and oxygen atoms in total. The first-order chi connectivity index (χ1) is 9.74. The minimum Gasteiger partial charge on any atom is -0.630 e. The van der Waals surface area contributed by atoms with Gasteiger partial charge in [0.05, 0.1) is 35.5 Å². The Kier molecular flexibility index (Phi) is 9.82. The molecule has 1 unspecified atom stereocenters. The van der Waals surface area contributed by atoms with E-state index in [0.29, 0.717) is 10.6 Å². The van der Waals surface area contributed by atoms with Crippen molar-refractivity contribution in [2.45, 2.75) is 0 Å². The van der Waals surface area contributed by atoms with Crippen LogP contribution in [0, 0.1) is 0 Å². The van der Waals surface area contributed by atoms with Gasteiger partial charge < -0.3 is 24.0 Å². The number of carbonyl (C=O) groups is 2. The van der Waals surface area contributed by atoms with Gasteiger partial charge in [0.2, 0.25) is 0 Å². The fraction of sp³-hybridized carbons (Fsp3) is 0.615. The summed E-state index contributed by atoms with van der Waals surface area (Å²) < 4.78 is 10.00.